The summed E-state index contributed by atoms with van der Waals surface area (Å²) in [6, 6.07) is 7.68. The van der Waals surface area contributed by atoms with Crippen LogP contribution in [-0.2, 0) is 0 Å². The van der Waals surface area contributed by atoms with E-state index in [1.165, 1.54) is 19.3 Å². The van der Waals surface area contributed by atoms with E-state index in [1.54, 1.807) is 0 Å². The highest BCUT2D eigenvalue weighted by atomic mass is 16.5. The lowest BCUT2D eigenvalue weighted by atomic mass is 9.83. The SMILES string of the molecule is Nc1nc2ccccc2nc1OCCC1CCC1. The van der Waals surface area contributed by atoms with Gasteiger partial charge in [0.05, 0.1) is 17.6 Å². The van der Waals surface area contributed by atoms with Crippen LogP contribution in [0.3, 0.4) is 0 Å². The van der Waals surface area contributed by atoms with Crippen LogP contribution >= 0.6 is 0 Å². The van der Waals surface area contributed by atoms with Gasteiger partial charge in [0.2, 0.25) is 0 Å². The Labute approximate surface area is 106 Å². The minimum atomic E-state index is 0.377. The highest BCUT2D eigenvalue weighted by Crippen LogP contribution is 2.29. The molecule has 1 fully saturated rings. The van der Waals surface area contributed by atoms with Gasteiger partial charge in [-0.3, -0.25) is 0 Å². The van der Waals surface area contributed by atoms with Gasteiger partial charge in [0.25, 0.3) is 5.88 Å². The minimum Gasteiger partial charge on any atom is -0.475 e. The average Bonchev–Trinajstić information content (AvgIpc) is 2.32. The second kappa shape index (κ2) is 4.80. The summed E-state index contributed by atoms with van der Waals surface area (Å²) in [5.41, 5.74) is 7.48. The maximum atomic E-state index is 5.85. The fourth-order valence-electron chi connectivity index (χ4n) is 2.21. The molecule has 1 saturated carbocycles. The van der Waals surface area contributed by atoms with Crippen LogP contribution in [-0.4, -0.2) is 16.6 Å². The number of para-hydroxylation sites is 2. The molecule has 1 heterocycles. The first-order chi connectivity index (χ1) is 8.83. The monoisotopic (exact) mass is 243 g/mol. The Hall–Kier alpha value is -1.84. The van der Waals surface area contributed by atoms with Gasteiger partial charge < -0.3 is 10.5 Å². The first-order valence-electron chi connectivity index (χ1n) is 6.48. The topological polar surface area (TPSA) is 61.0 Å². The van der Waals surface area contributed by atoms with E-state index in [0.29, 0.717) is 18.3 Å². The van der Waals surface area contributed by atoms with Crippen LogP contribution in [0.1, 0.15) is 25.7 Å². The van der Waals surface area contributed by atoms with Crippen molar-refractivity contribution < 1.29 is 4.74 Å². The number of benzene rings is 1. The van der Waals surface area contributed by atoms with Crippen LogP contribution in [0.15, 0.2) is 24.3 Å². The molecule has 0 bridgehead atoms. The molecule has 1 aliphatic rings. The number of nitrogen functional groups attached to an aromatic ring is 1. The number of rotatable bonds is 4. The molecule has 0 spiro atoms. The zero-order valence-corrected chi connectivity index (χ0v) is 10.3. The molecule has 0 saturated heterocycles. The zero-order chi connectivity index (χ0) is 12.4. The van der Waals surface area contributed by atoms with Crippen molar-refractivity contribution in [3.05, 3.63) is 24.3 Å². The van der Waals surface area contributed by atoms with Gasteiger partial charge in [-0.05, 0) is 24.5 Å². The van der Waals surface area contributed by atoms with Gasteiger partial charge in [-0.25, -0.2) is 9.97 Å². The molecule has 4 heteroatoms. The third-order valence-electron chi connectivity index (χ3n) is 3.55. The number of aromatic nitrogens is 2. The number of hydrogen-bond acceptors (Lipinski definition) is 4. The van der Waals surface area contributed by atoms with Crippen LogP contribution in [0.4, 0.5) is 5.82 Å². The van der Waals surface area contributed by atoms with Gasteiger partial charge in [0.15, 0.2) is 5.82 Å². The summed E-state index contributed by atoms with van der Waals surface area (Å²) < 4.78 is 5.65. The predicted molar refractivity (Wildman–Crippen MR) is 71.4 cm³/mol. The minimum absolute atomic E-state index is 0.377. The van der Waals surface area contributed by atoms with E-state index in [9.17, 15) is 0 Å². The third kappa shape index (κ3) is 2.23. The lowest BCUT2D eigenvalue weighted by molar-refractivity contribution is 0.218. The van der Waals surface area contributed by atoms with Crippen LogP contribution in [0.5, 0.6) is 5.88 Å². The summed E-state index contributed by atoms with van der Waals surface area (Å²) in [7, 11) is 0. The van der Waals surface area contributed by atoms with Crippen molar-refractivity contribution in [2.24, 2.45) is 5.92 Å². The number of nitrogens with two attached hydrogens (primary N) is 1. The summed E-state index contributed by atoms with van der Waals surface area (Å²) in [6.07, 6.45) is 5.13. The van der Waals surface area contributed by atoms with Crippen LogP contribution in [0, 0.1) is 5.92 Å². The molecular weight excluding hydrogens is 226 g/mol. The predicted octanol–water partition coefficient (Wildman–Crippen LogP) is 2.78. The maximum Gasteiger partial charge on any atom is 0.257 e. The number of hydrogen-bond donors (Lipinski definition) is 1. The van der Waals surface area contributed by atoms with E-state index < -0.39 is 0 Å². The van der Waals surface area contributed by atoms with Crippen molar-refractivity contribution in [1.29, 1.82) is 0 Å². The molecular formula is C14H17N3O. The van der Waals surface area contributed by atoms with Gasteiger partial charge in [0.1, 0.15) is 0 Å². The number of fused-ring (bicyclic) bond motifs is 1. The van der Waals surface area contributed by atoms with E-state index in [0.717, 1.165) is 23.4 Å². The smallest absolute Gasteiger partial charge is 0.257 e. The van der Waals surface area contributed by atoms with Crippen LogP contribution < -0.4 is 10.5 Å². The second-order valence-electron chi connectivity index (χ2n) is 4.84. The Morgan fingerprint density at radius 2 is 1.89 bits per heavy atom. The Morgan fingerprint density at radius 1 is 1.17 bits per heavy atom. The van der Waals surface area contributed by atoms with Gasteiger partial charge in [-0.15, -0.1) is 0 Å². The molecule has 4 nitrogen and oxygen atoms in total. The zero-order valence-electron chi connectivity index (χ0n) is 10.3. The molecule has 0 radical (unpaired) electrons. The van der Waals surface area contributed by atoms with E-state index in [2.05, 4.69) is 9.97 Å². The van der Waals surface area contributed by atoms with Crippen molar-refractivity contribution in [3.63, 3.8) is 0 Å². The number of anilines is 1. The molecule has 94 valence electrons. The van der Waals surface area contributed by atoms with Gasteiger partial charge >= 0.3 is 0 Å². The molecule has 0 atom stereocenters. The first-order valence-corrected chi connectivity index (χ1v) is 6.48. The van der Waals surface area contributed by atoms with Crippen molar-refractivity contribution >= 4 is 16.9 Å². The van der Waals surface area contributed by atoms with Crippen molar-refractivity contribution in [1.82, 2.24) is 9.97 Å². The molecule has 0 amide bonds. The molecule has 3 rings (SSSR count). The molecule has 0 aliphatic heterocycles. The van der Waals surface area contributed by atoms with E-state index in [1.807, 2.05) is 24.3 Å². The van der Waals surface area contributed by atoms with Crippen molar-refractivity contribution in [3.8, 4) is 5.88 Å². The fourth-order valence-corrected chi connectivity index (χ4v) is 2.21. The van der Waals surface area contributed by atoms with Gasteiger partial charge in [-0.1, -0.05) is 31.4 Å². The Morgan fingerprint density at radius 3 is 2.56 bits per heavy atom. The Bertz CT molecular complexity index is 552. The maximum absolute atomic E-state index is 5.85. The van der Waals surface area contributed by atoms with Crippen LogP contribution in [0.25, 0.3) is 11.0 Å². The molecule has 2 aromatic rings. The lowest BCUT2D eigenvalue weighted by Crippen LogP contribution is -2.15. The number of ether oxygens (including phenoxy) is 1. The molecule has 0 unspecified atom stereocenters. The van der Waals surface area contributed by atoms with Crippen molar-refractivity contribution in [2.45, 2.75) is 25.7 Å². The molecule has 18 heavy (non-hydrogen) atoms. The van der Waals surface area contributed by atoms with E-state index >= 15 is 0 Å². The normalized spacial score (nSPS) is 15.6. The molecule has 1 aromatic carbocycles. The fraction of sp³-hybridized carbons (Fsp3) is 0.429. The lowest BCUT2D eigenvalue weighted by Gasteiger charge is -2.24. The second-order valence-corrected chi connectivity index (χ2v) is 4.84. The molecule has 1 aliphatic carbocycles. The quantitative estimate of drug-likeness (QED) is 0.897. The van der Waals surface area contributed by atoms with E-state index in [4.69, 9.17) is 10.5 Å². The summed E-state index contributed by atoms with van der Waals surface area (Å²) in [5, 5.41) is 0. The molecule has 2 N–H and O–H groups in total. The van der Waals surface area contributed by atoms with Gasteiger partial charge in [0, 0.05) is 0 Å². The van der Waals surface area contributed by atoms with E-state index in [-0.39, 0.29) is 0 Å². The molecule has 1 aromatic heterocycles. The largest absolute Gasteiger partial charge is 0.475 e. The summed E-state index contributed by atoms with van der Waals surface area (Å²) in [5.74, 6) is 1.68. The third-order valence-corrected chi connectivity index (χ3v) is 3.55. The summed E-state index contributed by atoms with van der Waals surface area (Å²) in [4.78, 5) is 8.70. The highest BCUT2D eigenvalue weighted by Gasteiger charge is 2.17. The number of nitrogens with zero attached hydrogens (tertiary/aromatic N) is 2. The van der Waals surface area contributed by atoms with Crippen molar-refractivity contribution in [2.75, 3.05) is 12.3 Å². The van der Waals surface area contributed by atoms with Crippen LogP contribution in [0.2, 0.25) is 0 Å². The first kappa shape index (κ1) is 11.3. The Kier molecular flexibility index (Phi) is 3.00. The van der Waals surface area contributed by atoms with Gasteiger partial charge in [-0.2, -0.15) is 0 Å². The summed E-state index contributed by atoms with van der Waals surface area (Å²) >= 11 is 0. The standard InChI is InChI=1S/C14H17N3O/c15-13-14(18-9-8-10-4-3-5-10)17-12-7-2-1-6-11(12)16-13/h1-2,6-7,10H,3-5,8-9H2,(H2,15,16). The summed E-state index contributed by atoms with van der Waals surface area (Å²) in [6.45, 7) is 0.682. The highest BCUT2D eigenvalue weighted by molar-refractivity contribution is 5.76. The Balaban J connectivity index is 1.72. The average molecular weight is 243 g/mol.